The first-order chi connectivity index (χ1) is 23.3. The topological polar surface area (TPSA) is 177 Å². The Morgan fingerprint density at radius 2 is 1.00 bits per heavy atom. The van der Waals surface area contributed by atoms with E-state index in [1.54, 1.807) is 133 Å². The lowest BCUT2D eigenvalue weighted by Crippen LogP contribution is -2.54. The van der Waals surface area contributed by atoms with Crippen molar-refractivity contribution in [3.8, 4) is 11.5 Å². The van der Waals surface area contributed by atoms with Crippen molar-refractivity contribution >= 4 is 21.5 Å². The van der Waals surface area contributed by atoms with Crippen molar-refractivity contribution < 1.29 is 22.4 Å². The van der Waals surface area contributed by atoms with Gasteiger partial charge in [0.05, 0.1) is 0 Å². The molecule has 0 heterocycles. The Kier molecular flexibility index (Phi) is 8.76. The van der Waals surface area contributed by atoms with Crippen LogP contribution in [0.3, 0.4) is 0 Å². The van der Waals surface area contributed by atoms with Crippen LogP contribution >= 0.6 is 0 Å². The van der Waals surface area contributed by atoms with Crippen LogP contribution in [0.1, 0.15) is 30.9 Å². The van der Waals surface area contributed by atoms with Gasteiger partial charge in [-0.25, -0.2) is 0 Å². The molecule has 10 heteroatoms. The summed E-state index contributed by atoms with van der Waals surface area (Å²) in [6.45, 7) is 1.82. The third kappa shape index (κ3) is 6.27. The smallest absolute Gasteiger partial charge is 0.280 e. The second-order valence-electron chi connectivity index (χ2n) is 12.7. The van der Waals surface area contributed by atoms with Crippen molar-refractivity contribution in [2.24, 2.45) is 16.9 Å². The van der Waals surface area contributed by atoms with Crippen LogP contribution in [0.5, 0.6) is 11.5 Å². The molecule has 4 aromatic rings. The summed E-state index contributed by atoms with van der Waals surface area (Å²) in [6.07, 6.45) is 11.1. The van der Waals surface area contributed by atoms with Crippen LogP contribution < -0.4 is 32.4 Å². The van der Waals surface area contributed by atoms with E-state index in [9.17, 15) is 13.0 Å². The van der Waals surface area contributed by atoms with E-state index in [0.29, 0.717) is 45.1 Å². The highest BCUT2D eigenvalue weighted by Gasteiger charge is 2.62. The molecule has 0 radical (unpaired) electrons. The molecule has 0 aliphatic heterocycles. The van der Waals surface area contributed by atoms with E-state index in [-0.39, 0.29) is 12.8 Å². The number of allylic oxidation sites excluding steroid dienone is 4. The van der Waals surface area contributed by atoms with Crippen molar-refractivity contribution in [3.05, 3.63) is 168 Å². The maximum Gasteiger partial charge on any atom is 0.280 e. The molecule has 0 saturated carbocycles. The van der Waals surface area contributed by atoms with Crippen molar-refractivity contribution in [1.82, 2.24) is 0 Å². The second kappa shape index (κ2) is 12.7. The van der Waals surface area contributed by atoms with Gasteiger partial charge >= 0.3 is 0 Å². The van der Waals surface area contributed by atoms with Crippen LogP contribution in [0, 0.1) is 5.41 Å². The summed E-state index contributed by atoms with van der Waals surface area (Å²) in [5.74, 6) is 1.06. The van der Waals surface area contributed by atoms with Gasteiger partial charge < -0.3 is 20.9 Å². The number of nitrogen functional groups attached to an aromatic ring is 2. The van der Waals surface area contributed by atoms with E-state index >= 15 is 0 Å². The summed E-state index contributed by atoms with van der Waals surface area (Å²) in [7, 11) is -4.95. The first-order valence-corrected chi connectivity index (χ1v) is 17.3. The van der Waals surface area contributed by atoms with E-state index in [4.69, 9.17) is 32.4 Å². The summed E-state index contributed by atoms with van der Waals surface area (Å²) in [6, 6.07) is 31.3. The van der Waals surface area contributed by atoms with Crippen LogP contribution in [0.15, 0.2) is 157 Å². The lowest BCUT2D eigenvalue weighted by molar-refractivity contribution is 0.127. The van der Waals surface area contributed by atoms with Gasteiger partial charge in [-0.1, -0.05) is 85.0 Å². The second-order valence-corrected chi connectivity index (χ2v) is 14.2. The molecule has 2 atom stereocenters. The minimum Gasteiger partial charge on any atom is -0.469 e. The normalized spacial score (nSPS) is 22.0. The fourth-order valence-electron chi connectivity index (χ4n) is 6.90. The summed E-state index contributed by atoms with van der Waals surface area (Å²) in [5, 5.41) is 0. The van der Waals surface area contributed by atoms with Crippen molar-refractivity contribution in [3.63, 3.8) is 0 Å². The average molecular weight is 677 g/mol. The molecular weight excluding hydrogens is 637 g/mol. The summed E-state index contributed by atoms with van der Waals surface area (Å²) in [5.41, 5.74) is 24.3. The Morgan fingerprint density at radius 3 is 1.31 bits per heavy atom. The summed E-state index contributed by atoms with van der Waals surface area (Å²) >= 11 is 0. The number of ether oxygens (including phenoxy) is 2. The van der Waals surface area contributed by atoms with Crippen molar-refractivity contribution in [2.75, 3.05) is 11.5 Å². The van der Waals surface area contributed by atoms with Crippen molar-refractivity contribution in [2.45, 2.75) is 36.0 Å². The molecule has 0 spiro atoms. The Bertz CT molecular complexity index is 1920. The van der Waals surface area contributed by atoms with E-state index in [1.807, 2.05) is 19.1 Å². The first-order valence-electron chi connectivity index (χ1n) is 15.8. The van der Waals surface area contributed by atoms with E-state index in [1.165, 1.54) is 0 Å². The predicted octanol–water partition coefficient (Wildman–Crippen LogP) is 6.23. The molecule has 2 aliphatic carbocycles. The SMILES string of the molecule is CC(C1=CCC(N)(Oc2ccc(N)cc2)C=C1)(C1=CCC(N)(Oc2ccc(N)cc2)C=C1)C(c1ccccc1)(c1ccccc1)S(=O)(=O)O. The molecule has 0 bridgehead atoms. The Hall–Kier alpha value is -5.13. The molecule has 2 unspecified atom stereocenters. The highest BCUT2D eigenvalue weighted by Crippen LogP contribution is 2.60. The molecular formula is C39H40N4O5S. The maximum atomic E-state index is 14.3. The number of hydrogen-bond acceptors (Lipinski definition) is 8. The Labute approximate surface area is 287 Å². The minimum absolute atomic E-state index is 0.196. The zero-order valence-electron chi connectivity index (χ0n) is 27.1. The molecule has 9 nitrogen and oxygen atoms in total. The fourth-order valence-corrected chi connectivity index (χ4v) is 8.51. The molecule has 9 N–H and O–H groups in total. The van der Waals surface area contributed by atoms with Gasteiger partial charge in [0.2, 0.25) is 0 Å². The molecule has 4 aromatic carbocycles. The van der Waals surface area contributed by atoms with Gasteiger partial charge in [-0.3, -0.25) is 16.0 Å². The van der Waals surface area contributed by atoms with Crippen LogP contribution in [0.25, 0.3) is 0 Å². The monoisotopic (exact) mass is 676 g/mol. The Balaban J connectivity index is 1.51. The molecule has 252 valence electrons. The van der Waals surface area contributed by atoms with Crippen LogP contribution in [-0.4, -0.2) is 24.4 Å². The van der Waals surface area contributed by atoms with Crippen LogP contribution in [0.4, 0.5) is 11.4 Å². The highest BCUT2D eigenvalue weighted by molar-refractivity contribution is 7.87. The predicted molar refractivity (Wildman–Crippen MR) is 194 cm³/mol. The summed E-state index contributed by atoms with van der Waals surface area (Å²) < 4.78 is 50.6. The van der Waals surface area contributed by atoms with Gasteiger partial charge in [-0.05, 0) is 89.9 Å². The molecule has 0 amide bonds. The zero-order chi connectivity index (χ0) is 34.9. The molecule has 49 heavy (non-hydrogen) atoms. The molecule has 0 fully saturated rings. The Morgan fingerprint density at radius 1 is 0.633 bits per heavy atom. The number of nitrogens with two attached hydrogens (primary N) is 4. The third-order valence-electron chi connectivity index (χ3n) is 9.35. The molecule has 2 aliphatic rings. The average Bonchev–Trinajstić information content (AvgIpc) is 3.08. The van der Waals surface area contributed by atoms with Gasteiger partial charge in [-0.15, -0.1) is 0 Å². The van der Waals surface area contributed by atoms with E-state index in [2.05, 4.69) is 0 Å². The fraction of sp³-hybridized carbons (Fsp3) is 0.179. The third-order valence-corrected chi connectivity index (χ3v) is 11.0. The number of anilines is 2. The summed E-state index contributed by atoms with van der Waals surface area (Å²) in [4.78, 5) is 0. The zero-order valence-corrected chi connectivity index (χ0v) is 27.9. The van der Waals surface area contributed by atoms with Gasteiger partial charge in [0.15, 0.2) is 16.2 Å². The first kappa shape index (κ1) is 33.8. The van der Waals surface area contributed by atoms with Crippen LogP contribution in [-0.2, 0) is 14.9 Å². The maximum absolute atomic E-state index is 14.3. The minimum atomic E-state index is -4.95. The molecule has 0 saturated heterocycles. The largest absolute Gasteiger partial charge is 0.469 e. The number of rotatable bonds is 10. The lowest BCUT2D eigenvalue weighted by atomic mass is 9.59. The quantitative estimate of drug-likeness (QED) is 0.0740. The van der Waals surface area contributed by atoms with Gasteiger partial charge in [0.25, 0.3) is 10.1 Å². The van der Waals surface area contributed by atoms with Crippen molar-refractivity contribution in [1.29, 1.82) is 0 Å². The number of benzene rings is 4. The molecule has 6 rings (SSSR count). The van der Waals surface area contributed by atoms with E-state index in [0.717, 1.165) is 0 Å². The van der Waals surface area contributed by atoms with Gasteiger partial charge in [0.1, 0.15) is 11.5 Å². The molecule has 0 aromatic heterocycles. The highest BCUT2D eigenvalue weighted by atomic mass is 32.2. The van der Waals surface area contributed by atoms with Gasteiger partial charge in [0, 0.05) is 29.6 Å². The van der Waals surface area contributed by atoms with E-state index < -0.39 is 31.7 Å². The lowest BCUT2D eigenvalue weighted by Gasteiger charge is -2.50. The van der Waals surface area contributed by atoms with Gasteiger partial charge in [-0.2, -0.15) is 8.42 Å². The number of hydrogen-bond donors (Lipinski definition) is 5. The van der Waals surface area contributed by atoms with Crippen LogP contribution in [0.2, 0.25) is 0 Å². The standard InChI is InChI=1S/C39H40N4O5S/c1-36(28-20-24-37(42,25-21-28)47-34-16-12-32(40)13-17-34,29-22-26-38(43,27-23-29)48-35-18-14-33(41)15-19-35)39(49(44,45)46,30-8-4-2-5-9-30)31-10-6-3-7-11-31/h2-24,26H,25,27,40-43H2,1H3,(H,44,45,46).